The van der Waals surface area contributed by atoms with Gasteiger partial charge in [-0.05, 0) is 12.1 Å². The van der Waals surface area contributed by atoms with E-state index < -0.39 is 29.0 Å². The minimum absolute atomic E-state index is 0.0656. The number of carbonyl (C=O) groups is 1. The molecule has 0 bridgehead atoms. The summed E-state index contributed by atoms with van der Waals surface area (Å²) in [5.41, 5.74) is 5.21. The van der Waals surface area contributed by atoms with Crippen LogP contribution in [0.4, 0.5) is 24.5 Å². The zero-order chi connectivity index (χ0) is 14.0. The molecule has 2 rings (SSSR count). The lowest BCUT2D eigenvalue weighted by molar-refractivity contribution is 0.102. The van der Waals surface area contributed by atoms with Gasteiger partial charge in [0.2, 0.25) is 0 Å². The Hall–Kier alpha value is -2.57. The average molecular weight is 267 g/mol. The number of hydrogen-bond donors (Lipinski definition) is 2. The Morgan fingerprint density at radius 1 is 1.11 bits per heavy atom. The van der Waals surface area contributed by atoms with Crippen molar-refractivity contribution < 1.29 is 18.0 Å². The summed E-state index contributed by atoms with van der Waals surface area (Å²) in [6.07, 6.45) is 1.30. The van der Waals surface area contributed by atoms with Gasteiger partial charge >= 0.3 is 0 Å². The number of benzene rings is 1. The van der Waals surface area contributed by atoms with Crippen molar-refractivity contribution >= 4 is 17.3 Å². The molecule has 7 heteroatoms. The molecule has 0 fully saturated rings. The van der Waals surface area contributed by atoms with E-state index in [0.717, 1.165) is 0 Å². The normalized spacial score (nSPS) is 10.3. The van der Waals surface area contributed by atoms with Crippen molar-refractivity contribution in [1.29, 1.82) is 0 Å². The average Bonchev–Trinajstić information content (AvgIpc) is 2.36. The van der Waals surface area contributed by atoms with Gasteiger partial charge in [-0.2, -0.15) is 0 Å². The van der Waals surface area contributed by atoms with Crippen LogP contribution in [0.2, 0.25) is 0 Å². The first-order valence-corrected chi connectivity index (χ1v) is 5.15. The molecule has 98 valence electrons. The number of rotatable bonds is 2. The van der Waals surface area contributed by atoms with E-state index >= 15 is 0 Å². The first-order chi connectivity index (χ1) is 8.97. The Balaban J connectivity index is 2.27. The van der Waals surface area contributed by atoms with E-state index in [9.17, 15) is 18.0 Å². The summed E-state index contributed by atoms with van der Waals surface area (Å²) in [5, 5.41) is 2.08. The van der Waals surface area contributed by atoms with E-state index in [4.69, 9.17) is 5.73 Å². The molecule has 0 spiro atoms. The summed E-state index contributed by atoms with van der Waals surface area (Å²) in [6, 6.07) is 3.63. The number of halogens is 3. The highest BCUT2D eigenvalue weighted by Gasteiger charge is 2.14. The number of aromatic nitrogens is 1. The molecule has 0 aliphatic heterocycles. The van der Waals surface area contributed by atoms with Crippen LogP contribution in [0, 0.1) is 17.5 Å². The molecule has 0 aliphatic carbocycles. The SMILES string of the molecule is Nc1ccnc(C(=O)Nc2cc(F)c(F)cc2F)c1. The Morgan fingerprint density at radius 2 is 1.79 bits per heavy atom. The molecule has 3 N–H and O–H groups in total. The number of nitrogens with one attached hydrogen (secondary N) is 1. The van der Waals surface area contributed by atoms with Gasteiger partial charge < -0.3 is 11.1 Å². The second kappa shape index (κ2) is 4.97. The number of pyridine rings is 1. The van der Waals surface area contributed by atoms with Crippen molar-refractivity contribution in [3.63, 3.8) is 0 Å². The van der Waals surface area contributed by atoms with Crippen molar-refractivity contribution in [3.05, 3.63) is 53.6 Å². The van der Waals surface area contributed by atoms with Gasteiger partial charge in [0.05, 0.1) is 5.69 Å². The third kappa shape index (κ3) is 2.82. The zero-order valence-corrected chi connectivity index (χ0v) is 9.45. The van der Waals surface area contributed by atoms with Gasteiger partial charge in [0.25, 0.3) is 5.91 Å². The lowest BCUT2D eigenvalue weighted by atomic mass is 10.2. The molecule has 0 unspecified atom stereocenters. The highest BCUT2D eigenvalue weighted by molar-refractivity contribution is 6.03. The number of nitrogens with two attached hydrogens (primary N) is 1. The van der Waals surface area contributed by atoms with Gasteiger partial charge in [0.15, 0.2) is 11.6 Å². The highest BCUT2D eigenvalue weighted by Crippen LogP contribution is 2.19. The molecular formula is C12H8F3N3O. The van der Waals surface area contributed by atoms with E-state index in [1.807, 2.05) is 0 Å². The standard InChI is InChI=1S/C12H8F3N3O/c13-7-4-9(15)10(5-8(7)14)18-12(19)11-3-6(16)1-2-17-11/h1-5H,(H2,16,17)(H,18,19). The molecule has 0 atom stereocenters. The van der Waals surface area contributed by atoms with Crippen molar-refractivity contribution in [3.8, 4) is 0 Å². The van der Waals surface area contributed by atoms with Crippen LogP contribution < -0.4 is 11.1 Å². The monoisotopic (exact) mass is 267 g/mol. The number of hydrogen-bond acceptors (Lipinski definition) is 3. The van der Waals surface area contributed by atoms with Crippen molar-refractivity contribution in [2.24, 2.45) is 0 Å². The smallest absolute Gasteiger partial charge is 0.274 e. The highest BCUT2D eigenvalue weighted by atomic mass is 19.2. The molecule has 4 nitrogen and oxygen atoms in total. The van der Waals surface area contributed by atoms with Gasteiger partial charge in [0.1, 0.15) is 11.5 Å². The van der Waals surface area contributed by atoms with E-state index in [0.29, 0.717) is 17.8 Å². The van der Waals surface area contributed by atoms with Crippen LogP contribution in [0.5, 0.6) is 0 Å². The van der Waals surface area contributed by atoms with Gasteiger partial charge in [-0.1, -0.05) is 0 Å². The summed E-state index contributed by atoms with van der Waals surface area (Å²) in [4.78, 5) is 15.4. The van der Waals surface area contributed by atoms with Crippen LogP contribution >= 0.6 is 0 Å². The fourth-order valence-corrected chi connectivity index (χ4v) is 1.38. The molecule has 0 saturated heterocycles. The molecule has 1 aromatic heterocycles. The van der Waals surface area contributed by atoms with Crippen molar-refractivity contribution in [2.75, 3.05) is 11.1 Å². The first kappa shape index (κ1) is 12.9. The lowest BCUT2D eigenvalue weighted by Gasteiger charge is -2.06. The molecule has 1 aromatic carbocycles. The fraction of sp³-hybridized carbons (Fsp3) is 0. The molecule has 0 aliphatic rings. The van der Waals surface area contributed by atoms with E-state index in [1.165, 1.54) is 18.3 Å². The minimum atomic E-state index is -1.34. The molecule has 1 amide bonds. The number of carbonyl (C=O) groups excluding carboxylic acids is 1. The van der Waals surface area contributed by atoms with Gasteiger partial charge in [-0.15, -0.1) is 0 Å². The number of anilines is 2. The predicted octanol–water partition coefficient (Wildman–Crippen LogP) is 2.33. The van der Waals surface area contributed by atoms with Crippen LogP contribution in [-0.2, 0) is 0 Å². The quantitative estimate of drug-likeness (QED) is 0.820. The molecule has 19 heavy (non-hydrogen) atoms. The summed E-state index contributed by atoms with van der Waals surface area (Å²) >= 11 is 0. The summed E-state index contributed by atoms with van der Waals surface area (Å²) < 4.78 is 39.0. The fourth-order valence-electron chi connectivity index (χ4n) is 1.38. The summed E-state index contributed by atoms with van der Waals surface area (Å²) in [7, 11) is 0. The third-order valence-electron chi connectivity index (χ3n) is 2.27. The molecular weight excluding hydrogens is 259 g/mol. The molecule has 2 aromatic rings. The van der Waals surface area contributed by atoms with Gasteiger partial charge in [0, 0.05) is 24.0 Å². The van der Waals surface area contributed by atoms with Crippen molar-refractivity contribution in [1.82, 2.24) is 4.98 Å². The Morgan fingerprint density at radius 3 is 2.47 bits per heavy atom. The number of nitrogen functional groups attached to an aromatic ring is 1. The van der Waals surface area contributed by atoms with E-state index in [-0.39, 0.29) is 5.69 Å². The third-order valence-corrected chi connectivity index (χ3v) is 2.27. The second-order valence-corrected chi connectivity index (χ2v) is 3.67. The molecule has 0 saturated carbocycles. The maximum absolute atomic E-state index is 13.3. The zero-order valence-electron chi connectivity index (χ0n) is 9.45. The second-order valence-electron chi connectivity index (χ2n) is 3.67. The van der Waals surface area contributed by atoms with Crippen LogP contribution in [0.15, 0.2) is 30.5 Å². The number of nitrogens with zero attached hydrogens (tertiary/aromatic N) is 1. The largest absolute Gasteiger partial charge is 0.399 e. The number of amides is 1. The van der Waals surface area contributed by atoms with Crippen LogP contribution in [0.1, 0.15) is 10.5 Å². The Kier molecular flexibility index (Phi) is 3.37. The first-order valence-electron chi connectivity index (χ1n) is 5.15. The maximum atomic E-state index is 13.3. The Bertz CT molecular complexity index is 646. The van der Waals surface area contributed by atoms with Gasteiger partial charge in [-0.25, -0.2) is 13.2 Å². The Labute approximate surface area is 106 Å². The predicted molar refractivity (Wildman–Crippen MR) is 62.9 cm³/mol. The van der Waals surface area contributed by atoms with Crippen molar-refractivity contribution in [2.45, 2.75) is 0 Å². The van der Waals surface area contributed by atoms with E-state index in [1.54, 1.807) is 0 Å². The minimum Gasteiger partial charge on any atom is -0.399 e. The van der Waals surface area contributed by atoms with Crippen LogP contribution in [0.25, 0.3) is 0 Å². The molecule has 1 heterocycles. The molecule has 0 radical (unpaired) electrons. The maximum Gasteiger partial charge on any atom is 0.274 e. The van der Waals surface area contributed by atoms with Crippen LogP contribution in [-0.4, -0.2) is 10.9 Å². The van der Waals surface area contributed by atoms with E-state index in [2.05, 4.69) is 10.3 Å². The summed E-state index contributed by atoms with van der Waals surface area (Å²) in [5.74, 6) is -4.47. The van der Waals surface area contributed by atoms with Crippen LogP contribution in [0.3, 0.4) is 0 Å². The lowest BCUT2D eigenvalue weighted by Crippen LogP contribution is -2.15. The summed E-state index contributed by atoms with van der Waals surface area (Å²) in [6.45, 7) is 0. The van der Waals surface area contributed by atoms with Gasteiger partial charge in [-0.3, -0.25) is 9.78 Å². The topological polar surface area (TPSA) is 68.0 Å².